The van der Waals surface area contributed by atoms with Gasteiger partial charge in [0.05, 0.1) is 0 Å². The van der Waals surface area contributed by atoms with Gasteiger partial charge in [0.1, 0.15) is 5.84 Å². The molecule has 3 nitrogen and oxygen atoms in total. The number of likely N-dealkylation sites (tertiary alicyclic amines) is 1. The molecule has 0 bridgehead atoms. The molecule has 1 aromatic rings. The lowest BCUT2D eigenvalue weighted by Gasteiger charge is -2.41. The van der Waals surface area contributed by atoms with Crippen LogP contribution in [0, 0.1) is 17.2 Å². The maximum atomic E-state index is 7.43. The summed E-state index contributed by atoms with van der Waals surface area (Å²) in [6.45, 7) is 3.57. The Morgan fingerprint density at radius 3 is 2.50 bits per heavy atom. The van der Waals surface area contributed by atoms with E-state index in [1.165, 1.54) is 50.8 Å². The molecule has 1 saturated heterocycles. The third-order valence-corrected chi connectivity index (χ3v) is 5.05. The fourth-order valence-electron chi connectivity index (χ4n) is 3.87. The van der Waals surface area contributed by atoms with E-state index in [0.29, 0.717) is 0 Å². The number of nitrogen functional groups attached to an aromatic ring is 1. The van der Waals surface area contributed by atoms with E-state index in [1.807, 2.05) is 12.1 Å². The summed E-state index contributed by atoms with van der Waals surface area (Å²) in [6.07, 6.45) is 7.17. The summed E-state index contributed by atoms with van der Waals surface area (Å²) in [4.78, 5) is 2.61. The van der Waals surface area contributed by atoms with Crippen molar-refractivity contribution < 1.29 is 0 Å². The van der Waals surface area contributed by atoms with Crippen molar-refractivity contribution in [2.24, 2.45) is 17.6 Å². The molecule has 3 heteroatoms. The number of hydrogen-bond donors (Lipinski definition) is 2. The predicted molar refractivity (Wildman–Crippen MR) is 82.8 cm³/mol. The number of piperidine rings is 1. The number of nitrogens with two attached hydrogens (primary N) is 1. The number of amidine groups is 1. The molecule has 2 unspecified atom stereocenters. The zero-order chi connectivity index (χ0) is 13.9. The highest BCUT2D eigenvalue weighted by Crippen LogP contribution is 2.36. The highest BCUT2D eigenvalue weighted by molar-refractivity contribution is 5.94. The van der Waals surface area contributed by atoms with Crippen LogP contribution in [-0.4, -0.2) is 23.8 Å². The summed E-state index contributed by atoms with van der Waals surface area (Å²) in [5.74, 6) is 2.09. The predicted octanol–water partition coefficient (Wildman–Crippen LogP) is 2.98. The lowest BCUT2D eigenvalue weighted by molar-refractivity contribution is 0.0820. The molecule has 1 aromatic carbocycles. The molecule has 0 radical (unpaired) electrons. The Bertz CT molecular complexity index is 466. The minimum absolute atomic E-state index is 0.152. The Kier molecular flexibility index (Phi) is 4.06. The molecule has 1 aliphatic heterocycles. The van der Waals surface area contributed by atoms with Crippen LogP contribution in [0.3, 0.4) is 0 Å². The molecule has 3 N–H and O–H groups in total. The van der Waals surface area contributed by atoms with Crippen LogP contribution in [0.5, 0.6) is 0 Å². The maximum absolute atomic E-state index is 7.43. The first kappa shape index (κ1) is 13.6. The number of nitrogens with one attached hydrogen (secondary N) is 1. The molecule has 1 aliphatic carbocycles. The first-order valence-electron chi connectivity index (χ1n) is 7.88. The number of fused-ring (bicyclic) bond motifs is 1. The van der Waals surface area contributed by atoms with Crippen LogP contribution >= 0.6 is 0 Å². The van der Waals surface area contributed by atoms with Gasteiger partial charge in [-0.05, 0) is 36.8 Å². The molecule has 0 amide bonds. The van der Waals surface area contributed by atoms with E-state index in [9.17, 15) is 0 Å². The van der Waals surface area contributed by atoms with E-state index in [2.05, 4.69) is 17.0 Å². The zero-order valence-corrected chi connectivity index (χ0v) is 12.1. The average molecular weight is 271 g/mol. The van der Waals surface area contributed by atoms with Crippen LogP contribution in [0.1, 0.15) is 43.2 Å². The van der Waals surface area contributed by atoms with Crippen molar-refractivity contribution in [3.8, 4) is 0 Å². The summed E-state index contributed by atoms with van der Waals surface area (Å²) in [6, 6.07) is 8.16. The summed E-state index contributed by atoms with van der Waals surface area (Å²) < 4.78 is 0. The van der Waals surface area contributed by atoms with Gasteiger partial charge in [0.2, 0.25) is 0 Å². The van der Waals surface area contributed by atoms with Gasteiger partial charge in [0.25, 0.3) is 0 Å². The Hall–Kier alpha value is -1.35. The lowest BCUT2D eigenvalue weighted by atomic mass is 9.75. The van der Waals surface area contributed by atoms with Gasteiger partial charge in [-0.15, -0.1) is 0 Å². The number of benzene rings is 1. The standard InChI is InChI=1S/C17H25N3/c18-17(19)15-7-5-13(6-8-15)11-20-10-9-14-3-1-2-4-16(14)12-20/h5-8,14,16H,1-4,9-12H2,(H3,18,19). The Morgan fingerprint density at radius 1 is 1.10 bits per heavy atom. The third-order valence-electron chi connectivity index (χ3n) is 5.05. The summed E-state index contributed by atoms with van der Waals surface area (Å²) in [5, 5.41) is 7.43. The monoisotopic (exact) mass is 271 g/mol. The molecule has 1 heterocycles. The molecule has 2 atom stereocenters. The quantitative estimate of drug-likeness (QED) is 0.656. The van der Waals surface area contributed by atoms with Crippen LogP contribution in [-0.2, 0) is 6.54 Å². The van der Waals surface area contributed by atoms with Gasteiger partial charge in [-0.3, -0.25) is 10.3 Å². The smallest absolute Gasteiger partial charge is 0.122 e. The Morgan fingerprint density at radius 2 is 1.80 bits per heavy atom. The molecule has 2 aliphatic rings. The molecule has 0 aromatic heterocycles. The number of rotatable bonds is 3. The zero-order valence-electron chi connectivity index (χ0n) is 12.1. The molecular weight excluding hydrogens is 246 g/mol. The summed E-state index contributed by atoms with van der Waals surface area (Å²) in [5.41, 5.74) is 7.65. The van der Waals surface area contributed by atoms with Crippen molar-refractivity contribution in [3.05, 3.63) is 35.4 Å². The molecule has 108 valence electrons. The Labute approximate surface area is 121 Å². The van der Waals surface area contributed by atoms with Crippen molar-refractivity contribution in [2.45, 2.75) is 38.6 Å². The van der Waals surface area contributed by atoms with Crippen molar-refractivity contribution >= 4 is 5.84 Å². The van der Waals surface area contributed by atoms with Crippen molar-refractivity contribution in [1.82, 2.24) is 4.90 Å². The van der Waals surface area contributed by atoms with Crippen LogP contribution in [0.15, 0.2) is 24.3 Å². The second-order valence-electron chi connectivity index (χ2n) is 6.44. The van der Waals surface area contributed by atoms with E-state index < -0.39 is 0 Å². The molecular formula is C17H25N3. The van der Waals surface area contributed by atoms with Gasteiger partial charge in [-0.1, -0.05) is 43.5 Å². The lowest BCUT2D eigenvalue weighted by Crippen LogP contribution is -2.41. The minimum Gasteiger partial charge on any atom is -0.384 e. The van der Waals surface area contributed by atoms with Gasteiger partial charge in [0.15, 0.2) is 0 Å². The van der Waals surface area contributed by atoms with Gasteiger partial charge in [0, 0.05) is 18.7 Å². The highest BCUT2D eigenvalue weighted by Gasteiger charge is 2.30. The maximum Gasteiger partial charge on any atom is 0.122 e. The van der Waals surface area contributed by atoms with E-state index in [1.54, 1.807) is 0 Å². The molecule has 1 saturated carbocycles. The summed E-state index contributed by atoms with van der Waals surface area (Å²) >= 11 is 0. The van der Waals surface area contributed by atoms with Crippen molar-refractivity contribution in [1.29, 1.82) is 5.41 Å². The van der Waals surface area contributed by atoms with Gasteiger partial charge >= 0.3 is 0 Å². The van der Waals surface area contributed by atoms with E-state index in [-0.39, 0.29) is 5.84 Å². The van der Waals surface area contributed by atoms with Crippen LogP contribution in [0.2, 0.25) is 0 Å². The molecule has 20 heavy (non-hydrogen) atoms. The minimum atomic E-state index is 0.152. The van der Waals surface area contributed by atoms with Crippen molar-refractivity contribution in [3.63, 3.8) is 0 Å². The molecule has 3 rings (SSSR count). The third kappa shape index (κ3) is 3.04. The largest absolute Gasteiger partial charge is 0.384 e. The van der Waals surface area contributed by atoms with Crippen LogP contribution < -0.4 is 5.73 Å². The van der Waals surface area contributed by atoms with Crippen molar-refractivity contribution in [2.75, 3.05) is 13.1 Å². The Balaban J connectivity index is 1.59. The normalized spacial score (nSPS) is 27.0. The number of nitrogens with zero attached hydrogens (tertiary/aromatic N) is 1. The molecule has 2 fully saturated rings. The van der Waals surface area contributed by atoms with Gasteiger partial charge < -0.3 is 5.73 Å². The SMILES string of the molecule is N=C(N)c1ccc(CN2CCC3CCCCC3C2)cc1. The van der Waals surface area contributed by atoms with E-state index >= 15 is 0 Å². The van der Waals surface area contributed by atoms with Gasteiger partial charge in [-0.25, -0.2) is 0 Å². The van der Waals surface area contributed by atoms with Crippen LogP contribution in [0.25, 0.3) is 0 Å². The fourth-order valence-corrected chi connectivity index (χ4v) is 3.87. The second kappa shape index (κ2) is 5.96. The average Bonchev–Trinajstić information content (AvgIpc) is 2.48. The van der Waals surface area contributed by atoms with E-state index in [0.717, 1.165) is 23.9 Å². The second-order valence-corrected chi connectivity index (χ2v) is 6.44. The highest BCUT2D eigenvalue weighted by atomic mass is 15.1. The van der Waals surface area contributed by atoms with Crippen LogP contribution in [0.4, 0.5) is 0 Å². The topological polar surface area (TPSA) is 53.1 Å². The fraction of sp³-hybridized carbons (Fsp3) is 0.588. The molecule has 0 spiro atoms. The summed E-state index contributed by atoms with van der Waals surface area (Å²) in [7, 11) is 0. The number of hydrogen-bond acceptors (Lipinski definition) is 2. The van der Waals surface area contributed by atoms with Gasteiger partial charge in [-0.2, -0.15) is 0 Å². The van der Waals surface area contributed by atoms with E-state index in [4.69, 9.17) is 11.1 Å². The first-order chi connectivity index (χ1) is 9.72. The first-order valence-corrected chi connectivity index (χ1v) is 7.88.